The highest BCUT2D eigenvalue weighted by Gasteiger charge is 2.31. The summed E-state index contributed by atoms with van der Waals surface area (Å²) >= 11 is 0. The van der Waals surface area contributed by atoms with Gasteiger partial charge in [0, 0.05) is 26.2 Å². The van der Waals surface area contributed by atoms with E-state index in [0.717, 1.165) is 24.2 Å². The molecule has 7 heteroatoms. The molecule has 2 atom stereocenters. The number of benzene rings is 1. The van der Waals surface area contributed by atoms with Crippen molar-refractivity contribution in [1.82, 2.24) is 10.2 Å². The Labute approximate surface area is 174 Å². The number of rotatable bonds is 7. The van der Waals surface area contributed by atoms with Crippen LogP contribution in [0.4, 0.5) is 0 Å². The van der Waals surface area contributed by atoms with Gasteiger partial charge < -0.3 is 20.7 Å². The minimum Gasteiger partial charge on any atom is -0.481 e. The van der Waals surface area contributed by atoms with Crippen molar-refractivity contribution in [2.75, 3.05) is 26.2 Å². The van der Waals surface area contributed by atoms with Crippen LogP contribution in [0, 0.1) is 12.8 Å². The SMILES string of the molecule is Cc1ccc(C(C)C)cc1OC(C)C(=O)N1CCCC(C(=O)NCCN)C1.Cl. The van der Waals surface area contributed by atoms with Gasteiger partial charge in [0.15, 0.2) is 6.10 Å². The van der Waals surface area contributed by atoms with Gasteiger partial charge in [-0.3, -0.25) is 9.59 Å². The molecule has 0 spiro atoms. The summed E-state index contributed by atoms with van der Waals surface area (Å²) in [5.74, 6) is 0.880. The van der Waals surface area contributed by atoms with Crippen LogP contribution in [-0.4, -0.2) is 49.0 Å². The number of likely N-dealkylation sites (tertiary alicyclic amines) is 1. The fourth-order valence-corrected chi connectivity index (χ4v) is 3.33. The van der Waals surface area contributed by atoms with Gasteiger partial charge in [-0.15, -0.1) is 12.4 Å². The standard InChI is InChI=1S/C21H33N3O3.ClH/c1-14(2)17-8-7-15(3)19(12-17)27-16(4)21(26)24-11-5-6-18(13-24)20(25)23-10-9-22;/h7-8,12,14,16,18H,5-6,9-11,13,22H2,1-4H3,(H,23,25);1H. The predicted octanol–water partition coefficient (Wildman–Crippen LogP) is 2.62. The molecule has 1 fully saturated rings. The zero-order valence-electron chi connectivity index (χ0n) is 17.4. The van der Waals surface area contributed by atoms with Gasteiger partial charge in [-0.1, -0.05) is 26.0 Å². The summed E-state index contributed by atoms with van der Waals surface area (Å²) < 4.78 is 6.00. The topological polar surface area (TPSA) is 84.7 Å². The van der Waals surface area contributed by atoms with Crippen LogP contribution in [0.5, 0.6) is 5.75 Å². The highest BCUT2D eigenvalue weighted by atomic mass is 35.5. The van der Waals surface area contributed by atoms with Gasteiger partial charge in [-0.05, 0) is 49.8 Å². The lowest BCUT2D eigenvalue weighted by molar-refractivity contribution is -0.141. The second-order valence-electron chi connectivity index (χ2n) is 7.64. The van der Waals surface area contributed by atoms with Crippen LogP contribution >= 0.6 is 12.4 Å². The molecule has 0 aromatic heterocycles. The van der Waals surface area contributed by atoms with E-state index in [0.29, 0.717) is 32.1 Å². The van der Waals surface area contributed by atoms with Crippen LogP contribution in [0.2, 0.25) is 0 Å². The van der Waals surface area contributed by atoms with E-state index in [2.05, 4.69) is 25.2 Å². The first-order valence-electron chi connectivity index (χ1n) is 9.87. The van der Waals surface area contributed by atoms with Crippen molar-refractivity contribution in [2.45, 2.75) is 52.6 Å². The summed E-state index contributed by atoms with van der Waals surface area (Å²) in [5.41, 5.74) is 7.64. The van der Waals surface area contributed by atoms with Gasteiger partial charge in [0.2, 0.25) is 5.91 Å². The average Bonchev–Trinajstić information content (AvgIpc) is 2.66. The van der Waals surface area contributed by atoms with Crippen LogP contribution in [0.25, 0.3) is 0 Å². The molecular weight excluding hydrogens is 378 g/mol. The zero-order chi connectivity index (χ0) is 20.0. The van der Waals surface area contributed by atoms with Gasteiger partial charge in [0.05, 0.1) is 5.92 Å². The highest BCUT2D eigenvalue weighted by Crippen LogP contribution is 2.26. The molecule has 6 nitrogen and oxygen atoms in total. The number of carbonyl (C=O) groups is 2. The number of aryl methyl sites for hydroxylation is 1. The van der Waals surface area contributed by atoms with Gasteiger partial charge in [-0.2, -0.15) is 0 Å². The average molecular weight is 412 g/mol. The number of carbonyl (C=O) groups excluding carboxylic acids is 2. The smallest absolute Gasteiger partial charge is 0.263 e. The molecule has 1 aromatic carbocycles. The normalized spacial score (nSPS) is 17.6. The molecule has 2 amide bonds. The lowest BCUT2D eigenvalue weighted by Crippen LogP contribution is -2.49. The van der Waals surface area contributed by atoms with Gasteiger partial charge >= 0.3 is 0 Å². The minimum absolute atomic E-state index is 0. The Kier molecular flexibility index (Phi) is 9.76. The Morgan fingerprint density at radius 2 is 2.04 bits per heavy atom. The van der Waals surface area contributed by atoms with Crippen molar-refractivity contribution >= 4 is 24.2 Å². The molecule has 1 heterocycles. The molecule has 1 aliphatic rings. The molecule has 1 saturated heterocycles. The molecule has 0 radical (unpaired) electrons. The van der Waals surface area contributed by atoms with Gasteiger partial charge in [0.1, 0.15) is 5.75 Å². The second kappa shape index (κ2) is 11.3. The number of hydrogen-bond donors (Lipinski definition) is 2. The van der Waals surface area contributed by atoms with E-state index in [1.165, 1.54) is 5.56 Å². The van der Waals surface area contributed by atoms with Crippen LogP contribution < -0.4 is 15.8 Å². The third-order valence-electron chi connectivity index (χ3n) is 5.08. The van der Waals surface area contributed by atoms with Crippen molar-refractivity contribution in [3.63, 3.8) is 0 Å². The summed E-state index contributed by atoms with van der Waals surface area (Å²) in [4.78, 5) is 26.8. The summed E-state index contributed by atoms with van der Waals surface area (Å²) in [6.45, 7) is 10.0. The largest absolute Gasteiger partial charge is 0.481 e. The van der Waals surface area contributed by atoms with Crippen molar-refractivity contribution < 1.29 is 14.3 Å². The minimum atomic E-state index is -0.586. The molecule has 2 rings (SSSR count). The summed E-state index contributed by atoms with van der Waals surface area (Å²) in [7, 11) is 0. The van der Waals surface area contributed by atoms with E-state index < -0.39 is 6.10 Å². The van der Waals surface area contributed by atoms with E-state index in [1.54, 1.807) is 11.8 Å². The maximum absolute atomic E-state index is 12.9. The summed E-state index contributed by atoms with van der Waals surface area (Å²) in [5, 5.41) is 2.82. The Bertz CT molecular complexity index is 666. The highest BCUT2D eigenvalue weighted by molar-refractivity contribution is 5.85. The number of ether oxygens (including phenoxy) is 1. The Balaban J connectivity index is 0.00000392. The number of nitrogens with zero attached hydrogens (tertiary/aromatic N) is 1. The third-order valence-corrected chi connectivity index (χ3v) is 5.08. The van der Waals surface area contributed by atoms with E-state index in [9.17, 15) is 9.59 Å². The molecule has 0 aliphatic carbocycles. The molecule has 158 valence electrons. The zero-order valence-corrected chi connectivity index (χ0v) is 18.2. The van der Waals surface area contributed by atoms with Gasteiger partial charge in [-0.25, -0.2) is 0 Å². The molecule has 28 heavy (non-hydrogen) atoms. The van der Waals surface area contributed by atoms with Crippen LogP contribution in [0.15, 0.2) is 18.2 Å². The maximum atomic E-state index is 12.9. The predicted molar refractivity (Wildman–Crippen MR) is 114 cm³/mol. The monoisotopic (exact) mass is 411 g/mol. The second-order valence-corrected chi connectivity index (χ2v) is 7.64. The quantitative estimate of drug-likeness (QED) is 0.722. The van der Waals surface area contributed by atoms with E-state index in [4.69, 9.17) is 10.5 Å². The van der Waals surface area contributed by atoms with Crippen molar-refractivity contribution in [3.05, 3.63) is 29.3 Å². The van der Waals surface area contributed by atoms with E-state index in [-0.39, 0.29) is 30.1 Å². The first kappa shape index (κ1) is 24.2. The Morgan fingerprint density at radius 3 is 2.68 bits per heavy atom. The molecular formula is C21H34ClN3O3. The van der Waals surface area contributed by atoms with Crippen LogP contribution in [-0.2, 0) is 9.59 Å². The van der Waals surface area contributed by atoms with E-state index >= 15 is 0 Å². The van der Waals surface area contributed by atoms with E-state index in [1.807, 2.05) is 19.1 Å². The van der Waals surface area contributed by atoms with Crippen LogP contribution in [0.3, 0.4) is 0 Å². The summed E-state index contributed by atoms with van der Waals surface area (Å²) in [6, 6.07) is 6.14. The molecule has 2 unspecified atom stereocenters. The maximum Gasteiger partial charge on any atom is 0.263 e. The van der Waals surface area contributed by atoms with Crippen LogP contribution in [0.1, 0.15) is 50.7 Å². The molecule has 1 aromatic rings. The summed E-state index contributed by atoms with van der Waals surface area (Å²) in [6.07, 6.45) is 1.03. The lowest BCUT2D eigenvalue weighted by Gasteiger charge is -2.33. The molecule has 0 bridgehead atoms. The lowest BCUT2D eigenvalue weighted by atomic mass is 9.96. The number of hydrogen-bond acceptors (Lipinski definition) is 4. The Morgan fingerprint density at radius 1 is 1.32 bits per heavy atom. The number of amides is 2. The number of nitrogens with one attached hydrogen (secondary N) is 1. The third kappa shape index (κ3) is 6.38. The van der Waals surface area contributed by atoms with Crippen molar-refractivity contribution in [1.29, 1.82) is 0 Å². The first-order chi connectivity index (χ1) is 12.8. The fraction of sp³-hybridized carbons (Fsp3) is 0.619. The molecule has 3 N–H and O–H groups in total. The Hall–Kier alpha value is -1.79. The van der Waals surface area contributed by atoms with Crippen molar-refractivity contribution in [3.8, 4) is 5.75 Å². The molecule has 0 saturated carbocycles. The number of nitrogens with two attached hydrogens (primary N) is 1. The van der Waals surface area contributed by atoms with Gasteiger partial charge in [0.25, 0.3) is 5.91 Å². The molecule has 1 aliphatic heterocycles. The van der Waals surface area contributed by atoms with Crippen molar-refractivity contribution in [2.24, 2.45) is 11.7 Å². The fourth-order valence-electron chi connectivity index (χ4n) is 3.33. The number of piperidine rings is 1. The first-order valence-corrected chi connectivity index (χ1v) is 9.87. The number of halogens is 1.